The largest absolute Gasteiger partial charge is 0.386 e. The molecule has 0 aliphatic rings. The highest BCUT2D eigenvalue weighted by Crippen LogP contribution is 2.22. The van der Waals surface area contributed by atoms with Gasteiger partial charge in [0, 0.05) is 26.3 Å². The Morgan fingerprint density at radius 3 is 2.30 bits per heavy atom. The van der Waals surface area contributed by atoms with Crippen molar-refractivity contribution in [2.45, 2.75) is 44.6 Å². The minimum Gasteiger partial charge on any atom is -0.386 e. The van der Waals surface area contributed by atoms with Gasteiger partial charge in [-0.15, -0.1) is 0 Å². The number of nitrogens with zero attached hydrogens (tertiary/aromatic N) is 2. The molecule has 1 rings (SSSR count). The molecule has 0 saturated carbocycles. The quantitative estimate of drug-likeness (QED) is 0.761. The molecule has 0 aromatic carbocycles. The number of unbranched alkanes of at least 4 members (excludes halogenated alkanes) is 2. The van der Waals surface area contributed by atoms with Crippen molar-refractivity contribution < 1.29 is 8.42 Å². The molecule has 114 valence electrons. The van der Waals surface area contributed by atoms with Crippen molar-refractivity contribution in [3.8, 4) is 0 Å². The van der Waals surface area contributed by atoms with E-state index in [4.69, 9.17) is 0 Å². The summed E-state index contributed by atoms with van der Waals surface area (Å²) in [7, 11) is -1.82. The third-order valence-corrected chi connectivity index (χ3v) is 5.01. The zero-order valence-corrected chi connectivity index (χ0v) is 13.4. The summed E-state index contributed by atoms with van der Waals surface area (Å²) in [4.78, 5) is 4.07. The molecule has 5 nitrogen and oxygen atoms in total. The molecule has 20 heavy (non-hydrogen) atoms. The number of anilines is 1. The van der Waals surface area contributed by atoms with Crippen LogP contribution in [0.5, 0.6) is 0 Å². The Bertz CT molecular complexity index is 495. The first-order chi connectivity index (χ1) is 9.57. The summed E-state index contributed by atoms with van der Waals surface area (Å²) >= 11 is 0. The van der Waals surface area contributed by atoms with Gasteiger partial charge < -0.3 is 5.32 Å². The van der Waals surface area contributed by atoms with E-state index in [2.05, 4.69) is 24.1 Å². The van der Waals surface area contributed by atoms with Gasteiger partial charge in [-0.05, 0) is 25.0 Å². The Kier molecular flexibility index (Phi) is 6.95. The van der Waals surface area contributed by atoms with Crippen LogP contribution in [0.3, 0.4) is 0 Å². The first-order valence-corrected chi connectivity index (χ1v) is 8.64. The number of sulfonamides is 1. The van der Waals surface area contributed by atoms with Gasteiger partial charge in [-0.25, -0.2) is 13.4 Å². The van der Waals surface area contributed by atoms with Crippen molar-refractivity contribution in [2.75, 3.05) is 25.5 Å². The second-order valence-electron chi connectivity index (χ2n) is 4.72. The fourth-order valence-corrected chi connectivity index (χ4v) is 3.56. The smallest absolute Gasteiger partial charge is 0.262 e. The van der Waals surface area contributed by atoms with Crippen LogP contribution in [0.15, 0.2) is 23.4 Å². The van der Waals surface area contributed by atoms with Crippen LogP contribution in [0.1, 0.15) is 39.5 Å². The molecule has 1 aromatic heterocycles. The fourth-order valence-electron chi connectivity index (χ4n) is 1.93. The van der Waals surface area contributed by atoms with E-state index in [0.717, 1.165) is 25.7 Å². The van der Waals surface area contributed by atoms with E-state index in [1.165, 1.54) is 6.20 Å². The molecular formula is C14H25N3O2S. The number of aromatic nitrogens is 1. The fraction of sp³-hybridized carbons (Fsp3) is 0.643. The predicted molar refractivity (Wildman–Crippen MR) is 82.4 cm³/mol. The summed E-state index contributed by atoms with van der Waals surface area (Å²) in [6.07, 6.45) is 5.19. The van der Waals surface area contributed by atoms with Gasteiger partial charge in [0.15, 0.2) is 5.03 Å². The van der Waals surface area contributed by atoms with Crippen molar-refractivity contribution in [2.24, 2.45) is 0 Å². The predicted octanol–water partition coefficient (Wildman–Crippen LogP) is 2.71. The van der Waals surface area contributed by atoms with Crippen molar-refractivity contribution in [3.63, 3.8) is 0 Å². The topological polar surface area (TPSA) is 62.3 Å². The molecule has 0 fully saturated rings. The van der Waals surface area contributed by atoms with Crippen molar-refractivity contribution in [1.82, 2.24) is 9.29 Å². The highest BCUT2D eigenvalue weighted by atomic mass is 32.2. The molecule has 0 spiro atoms. The summed E-state index contributed by atoms with van der Waals surface area (Å²) in [6.45, 7) is 5.23. The molecule has 0 atom stereocenters. The minimum atomic E-state index is -3.53. The Morgan fingerprint density at radius 2 is 1.80 bits per heavy atom. The molecule has 6 heteroatoms. The van der Waals surface area contributed by atoms with Crippen molar-refractivity contribution in [3.05, 3.63) is 18.3 Å². The lowest BCUT2D eigenvalue weighted by molar-refractivity contribution is 0.394. The van der Waals surface area contributed by atoms with E-state index >= 15 is 0 Å². The molecule has 1 heterocycles. The maximum absolute atomic E-state index is 12.7. The maximum atomic E-state index is 12.7. The van der Waals surface area contributed by atoms with Crippen LogP contribution in [0.4, 0.5) is 5.69 Å². The van der Waals surface area contributed by atoms with E-state index < -0.39 is 10.0 Å². The zero-order chi connectivity index (χ0) is 15.0. The lowest BCUT2D eigenvalue weighted by atomic mass is 10.3. The summed E-state index contributed by atoms with van der Waals surface area (Å²) < 4.78 is 27.1. The van der Waals surface area contributed by atoms with Crippen LogP contribution >= 0.6 is 0 Å². The van der Waals surface area contributed by atoms with Gasteiger partial charge in [-0.1, -0.05) is 26.7 Å². The number of hydrogen-bond donors (Lipinski definition) is 1. The van der Waals surface area contributed by atoms with Crippen molar-refractivity contribution in [1.29, 1.82) is 0 Å². The second-order valence-corrected chi connectivity index (χ2v) is 6.57. The monoisotopic (exact) mass is 299 g/mol. The van der Waals surface area contributed by atoms with Gasteiger partial charge in [-0.2, -0.15) is 4.31 Å². The van der Waals surface area contributed by atoms with Crippen LogP contribution < -0.4 is 5.32 Å². The highest BCUT2D eigenvalue weighted by Gasteiger charge is 2.27. The minimum absolute atomic E-state index is 0.120. The summed E-state index contributed by atoms with van der Waals surface area (Å²) in [5.41, 5.74) is 0.547. The molecule has 0 aliphatic heterocycles. The van der Waals surface area contributed by atoms with E-state index in [1.54, 1.807) is 23.5 Å². The summed E-state index contributed by atoms with van der Waals surface area (Å²) in [5.74, 6) is 0. The first kappa shape index (κ1) is 16.9. The number of rotatable bonds is 9. The molecule has 0 saturated heterocycles. The van der Waals surface area contributed by atoms with Crippen LogP contribution in [0.2, 0.25) is 0 Å². The molecule has 0 amide bonds. The standard InChI is InChI=1S/C14H25N3O2S/c1-4-6-11-17(12-7-5-2)20(18,19)14-13(15-3)9-8-10-16-14/h8-10,15H,4-7,11-12H2,1-3H3. The normalized spacial score (nSPS) is 11.8. The van der Waals surface area contributed by atoms with Crippen LogP contribution in [0.25, 0.3) is 0 Å². The van der Waals surface area contributed by atoms with E-state index in [1.807, 2.05) is 0 Å². The average molecular weight is 299 g/mol. The number of pyridine rings is 1. The number of hydrogen-bond acceptors (Lipinski definition) is 4. The van der Waals surface area contributed by atoms with Crippen LogP contribution in [0, 0.1) is 0 Å². The molecule has 0 radical (unpaired) electrons. The molecule has 1 N–H and O–H groups in total. The molecule has 0 unspecified atom stereocenters. The Morgan fingerprint density at radius 1 is 1.20 bits per heavy atom. The second kappa shape index (κ2) is 8.21. The molecule has 1 aromatic rings. The zero-order valence-electron chi connectivity index (χ0n) is 12.6. The average Bonchev–Trinajstić information content (AvgIpc) is 2.47. The highest BCUT2D eigenvalue weighted by molar-refractivity contribution is 7.89. The lowest BCUT2D eigenvalue weighted by Crippen LogP contribution is -2.34. The maximum Gasteiger partial charge on any atom is 0.262 e. The first-order valence-electron chi connectivity index (χ1n) is 7.20. The van der Waals surface area contributed by atoms with Gasteiger partial charge in [0.05, 0.1) is 5.69 Å². The third-order valence-electron chi connectivity index (χ3n) is 3.15. The third kappa shape index (κ3) is 4.18. The van der Waals surface area contributed by atoms with Gasteiger partial charge >= 0.3 is 0 Å². The lowest BCUT2D eigenvalue weighted by Gasteiger charge is -2.22. The van der Waals surface area contributed by atoms with Crippen LogP contribution in [-0.2, 0) is 10.0 Å². The SMILES string of the molecule is CCCCN(CCCC)S(=O)(=O)c1ncccc1NC. The van der Waals surface area contributed by atoms with Crippen molar-refractivity contribution >= 4 is 15.7 Å². The van der Waals surface area contributed by atoms with E-state index in [0.29, 0.717) is 18.8 Å². The molecule has 0 aliphatic carbocycles. The number of nitrogens with one attached hydrogen (secondary N) is 1. The Balaban J connectivity index is 3.07. The summed E-state index contributed by atoms with van der Waals surface area (Å²) in [6, 6.07) is 3.46. The van der Waals surface area contributed by atoms with Crippen LogP contribution in [-0.4, -0.2) is 37.8 Å². The molecular weight excluding hydrogens is 274 g/mol. The van der Waals surface area contributed by atoms with E-state index in [-0.39, 0.29) is 5.03 Å². The molecule has 0 bridgehead atoms. The Labute approximate surface area is 122 Å². The van der Waals surface area contributed by atoms with E-state index in [9.17, 15) is 8.42 Å². The van der Waals surface area contributed by atoms with Gasteiger partial charge in [0.25, 0.3) is 10.0 Å². The Hall–Kier alpha value is -1.14. The van der Waals surface area contributed by atoms with Gasteiger partial charge in [-0.3, -0.25) is 0 Å². The summed E-state index contributed by atoms with van der Waals surface area (Å²) in [5, 5.41) is 3.02. The van der Waals surface area contributed by atoms with Gasteiger partial charge in [0.2, 0.25) is 0 Å². The van der Waals surface area contributed by atoms with Gasteiger partial charge in [0.1, 0.15) is 0 Å².